The van der Waals surface area contributed by atoms with Crippen LogP contribution in [0.15, 0.2) is 87.7 Å². The Balaban J connectivity index is 1.62. The summed E-state index contributed by atoms with van der Waals surface area (Å²) in [6.07, 6.45) is 0. The fraction of sp³-hybridized carbons (Fsp3) is 0.243. The number of hydrogen-bond donors (Lipinski definition) is 8. The predicted octanol–water partition coefficient (Wildman–Crippen LogP) is 6.83. The smallest absolute Gasteiger partial charge is 0.297 e. The minimum absolute atomic E-state index is 0.0156. The normalized spacial score (nSPS) is 12.1. The molecule has 4 aromatic carbocycles. The molecular weight excluding hydrogens is 861 g/mol. The second kappa shape index (κ2) is 19.9. The molecule has 5 rings (SSSR count). The number of aromatic nitrogens is 1. The Labute approximate surface area is 354 Å². The number of aromatic hydroxyl groups is 3. The highest BCUT2D eigenvalue weighted by molar-refractivity contribution is 7.94. The minimum Gasteiger partial charge on any atom is -0.507 e. The summed E-state index contributed by atoms with van der Waals surface area (Å²) < 4.78 is 52.6. The summed E-state index contributed by atoms with van der Waals surface area (Å²) in [6.45, 7) is 4.26. The van der Waals surface area contributed by atoms with Gasteiger partial charge in [0.05, 0.1) is 41.2 Å². The van der Waals surface area contributed by atoms with Gasteiger partial charge < -0.3 is 40.7 Å². The van der Waals surface area contributed by atoms with Crippen LogP contribution in [0.1, 0.15) is 34.0 Å². The van der Waals surface area contributed by atoms with E-state index >= 15 is 0 Å². The van der Waals surface area contributed by atoms with Gasteiger partial charge in [0, 0.05) is 24.2 Å². The number of nitrogens with zero attached hydrogens (tertiary/aromatic N) is 7. The number of rotatable bonds is 18. The van der Waals surface area contributed by atoms with E-state index < -0.39 is 62.6 Å². The minimum atomic E-state index is -5.07. The second-order valence-corrected chi connectivity index (χ2v) is 14.9. The number of carbonyl (C=O) groups is 1. The summed E-state index contributed by atoms with van der Waals surface area (Å²) in [7, 11) is -5.07. The lowest BCUT2D eigenvalue weighted by atomic mass is 10.0. The van der Waals surface area contributed by atoms with Crippen LogP contribution >= 0.6 is 12.0 Å². The Kier molecular flexibility index (Phi) is 14.9. The quantitative estimate of drug-likeness (QED) is 0.0147. The van der Waals surface area contributed by atoms with Crippen LogP contribution in [-0.2, 0) is 26.0 Å². The lowest BCUT2D eigenvalue weighted by Gasteiger charge is -2.14. The summed E-state index contributed by atoms with van der Waals surface area (Å²) in [4.78, 5) is 24.1. The molecule has 0 saturated carbocycles. The third kappa shape index (κ3) is 9.96. The van der Waals surface area contributed by atoms with Crippen molar-refractivity contribution in [2.75, 3.05) is 26.4 Å². The van der Waals surface area contributed by atoms with E-state index in [0.29, 0.717) is 23.0 Å². The molecule has 23 nitrogen and oxygen atoms in total. The summed E-state index contributed by atoms with van der Waals surface area (Å²) in [5.41, 5.74) is 3.15. The standard InChI is InChI=1S/C37H38N8O15S2/c1-5-45-36(51)29(35(38)50)19(4)31(37(45)52)43-39-21-6-7-22(34(18(21)3)62(54,55)56)40-41-23-15-27(58-11-9-47)24(16-26(23)57-10-8-46)42-44-32-28(61-60-59-53)14-20-12-17(2)13-25(48)30(20)33(32)49/h6-7,12-16,46-49,52-53H,5,8-11H2,1-4H3,(H2,38,50)(H,54,55,56)/b41-40+,43-39+,44-42+. The number of fused-ring (bicyclic) bond motifs is 1. The number of aliphatic hydroxyl groups is 2. The number of benzene rings is 4. The molecule has 5 aromatic rings. The van der Waals surface area contributed by atoms with Crippen molar-refractivity contribution < 1.29 is 67.4 Å². The predicted molar refractivity (Wildman–Crippen MR) is 219 cm³/mol. The van der Waals surface area contributed by atoms with Crippen molar-refractivity contribution in [3.05, 3.63) is 75.1 Å². The highest BCUT2D eigenvalue weighted by atomic mass is 32.2. The van der Waals surface area contributed by atoms with Crippen LogP contribution in [0.5, 0.6) is 28.9 Å². The molecule has 0 aliphatic heterocycles. The van der Waals surface area contributed by atoms with Crippen LogP contribution in [0.2, 0.25) is 0 Å². The van der Waals surface area contributed by atoms with Crippen molar-refractivity contribution in [3.8, 4) is 28.9 Å². The van der Waals surface area contributed by atoms with Gasteiger partial charge in [-0.2, -0.15) is 13.5 Å². The SMILES string of the molecule is CCn1c(O)c(/N=N/c2ccc(/N=N/c3cc(OCCO)c(/N=N/c4c(SOOO)cc5cc(C)cc(O)c5c4O)cc3OCCO)c(S(=O)(=O)O)c2C)c(C)c(C(N)=O)c1=O. The Bertz CT molecular complexity index is 2810. The van der Waals surface area contributed by atoms with E-state index in [-0.39, 0.29) is 86.9 Å². The molecule has 0 aliphatic rings. The van der Waals surface area contributed by atoms with Gasteiger partial charge in [-0.1, -0.05) is 11.1 Å². The zero-order valence-electron chi connectivity index (χ0n) is 33.0. The maximum absolute atomic E-state index is 12.8. The number of pyridine rings is 1. The van der Waals surface area contributed by atoms with Gasteiger partial charge in [0.2, 0.25) is 5.88 Å². The summed E-state index contributed by atoms with van der Waals surface area (Å²) >= 11 is 0.452. The molecule has 25 heteroatoms. The summed E-state index contributed by atoms with van der Waals surface area (Å²) in [6, 6.07) is 9.39. The first-order chi connectivity index (χ1) is 29.5. The lowest BCUT2D eigenvalue weighted by molar-refractivity contribution is -0.432. The Morgan fingerprint density at radius 3 is 1.94 bits per heavy atom. The number of nitrogens with two attached hydrogens (primary N) is 1. The van der Waals surface area contributed by atoms with E-state index in [9.17, 15) is 48.1 Å². The zero-order valence-corrected chi connectivity index (χ0v) is 34.6. The van der Waals surface area contributed by atoms with E-state index in [1.54, 1.807) is 13.0 Å². The van der Waals surface area contributed by atoms with Gasteiger partial charge in [-0.25, -0.2) is 5.26 Å². The average molecular weight is 899 g/mol. The van der Waals surface area contributed by atoms with Crippen LogP contribution in [0.4, 0.5) is 34.1 Å². The highest BCUT2D eigenvalue weighted by Crippen LogP contribution is 2.48. The summed E-state index contributed by atoms with van der Waals surface area (Å²) in [5.74, 6) is -2.74. The van der Waals surface area contributed by atoms with E-state index in [2.05, 4.69) is 40.1 Å². The van der Waals surface area contributed by atoms with Crippen LogP contribution in [-0.4, -0.2) is 80.7 Å². The molecule has 1 heterocycles. The van der Waals surface area contributed by atoms with Crippen molar-refractivity contribution in [2.24, 2.45) is 36.4 Å². The fourth-order valence-corrected chi connectivity index (χ4v) is 7.42. The molecule has 62 heavy (non-hydrogen) atoms. The Hall–Kier alpha value is -6.58. The first-order valence-electron chi connectivity index (χ1n) is 17.9. The van der Waals surface area contributed by atoms with Crippen molar-refractivity contribution >= 4 is 73.0 Å². The third-order valence-electron chi connectivity index (χ3n) is 8.78. The van der Waals surface area contributed by atoms with E-state index in [1.807, 2.05) is 0 Å². The molecule has 1 aromatic heterocycles. The number of hydrogen-bond acceptors (Lipinski definition) is 21. The molecule has 0 fully saturated rings. The highest BCUT2D eigenvalue weighted by Gasteiger charge is 2.25. The van der Waals surface area contributed by atoms with Crippen molar-refractivity contribution in [2.45, 2.75) is 44.0 Å². The van der Waals surface area contributed by atoms with Crippen molar-refractivity contribution in [1.29, 1.82) is 0 Å². The maximum atomic E-state index is 12.8. The first kappa shape index (κ1) is 46.5. The van der Waals surface area contributed by atoms with Gasteiger partial charge in [0.25, 0.3) is 21.6 Å². The Morgan fingerprint density at radius 2 is 1.37 bits per heavy atom. The van der Waals surface area contributed by atoms with E-state index in [0.717, 1.165) is 10.6 Å². The zero-order chi connectivity index (χ0) is 45.5. The van der Waals surface area contributed by atoms with Crippen LogP contribution in [0.3, 0.4) is 0 Å². The molecule has 0 saturated heterocycles. The second-order valence-electron chi connectivity index (χ2n) is 12.8. The largest absolute Gasteiger partial charge is 0.507 e. The van der Waals surface area contributed by atoms with Crippen molar-refractivity contribution in [1.82, 2.24) is 4.57 Å². The summed E-state index contributed by atoms with van der Waals surface area (Å²) in [5, 5.41) is 89.1. The molecular formula is C37H38N8O15S2. The lowest BCUT2D eigenvalue weighted by Crippen LogP contribution is -2.30. The van der Waals surface area contributed by atoms with Gasteiger partial charge in [-0.15, -0.1) is 29.9 Å². The van der Waals surface area contributed by atoms with E-state index in [4.69, 9.17) is 20.5 Å². The molecule has 9 N–H and O–H groups in total. The molecule has 328 valence electrons. The molecule has 1 amide bonds. The molecule has 0 aliphatic carbocycles. The number of carbonyl (C=O) groups excluding carboxylic acids is 1. The number of phenolic OH excluding ortho intramolecular Hbond substituents is 2. The van der Waals surface area contributed by atoms with Gasteiger partial charge in [-0.3, -0.25) is 18.7 Å². The molecule has 0 unspecified atom stereocenters. The molecule has 0 spiro atoms. The van der Waals surface area contributed by atoms with Gasteiger partial charge >= 0.3 is 0 Å². The Morgan fingerprint density at radius 1 is 0.806 bits per heavy atom. The average Bonchev–Trinajstić information content (AvgIpc) is 3.20. The number of phenols is 2. The topological polar surface area (TPSA) is 352 Å². The number of amides is 1. The van der Waals surface area contributed by atoms with Gasteiger partial charge in [-0.05, 0) is 68.5 Å². The van der Waals surface area contributed by atoms with E-state index in [1.165, 1.54) is 51.1 Å². The van der Waals surface area contributed by atoms with Gasteiger partial charge in [0.1, 0.15) is 69.4 Å². The molecule has 0 radical (unpaired) electrons. The molecule has 0 bridgehead atoms. The number of primary amides is 1. The third-order valence-corrected chi connectivity index (χ3v) is 10.4. The van der Waals surface area contributed by atoms with Crippen molar-refractivity contribution in [3.63, 3.8) is 0 Å². The maximum Gasteiger partial charge on any atom is 0.297 e. The number of aryl methyl sites for hydroxylation is 1. The number of azo groups is 3. The first-order valence-corrected chi connectivity index (χ1v) is 20.1. The van der Waals surface area contributed by atoms with Crippen LogP contribution in [0, 0.1) is 20.8 Å². The number of ether oxygens (including phenoxy) is 2. The fourth-order valence-electron chi connectivity index (χ4n) is 6.06. The monoisotopic (exact) mass is 898 g/mol. The van der Waals surface area contributed by atoms with Crippen LogP contribution < -0.4 is 20.8 Å². The number of aliphatic hydroxyl groups excluding tert-OH is 2. The molecule has 0 atom stereocenters. The van der Waals surface area contributed by atoms with Crippen LogP contribution in [0.25, 0.3) is 10.8 Å². The van der Waals surface area contributed by atoms with Gasteiger partial charge in [0.15, 0.2) is 5.75 Å².